The van der Waals surface area contributed by atoms with Crippen LogP contribution in [0.4, 0.5) is 0 Å². The van der Waals surface area contributed by atoms with Gasteiger partial charge in [-0.05, 0) is 53.4 Å². The van der Waals surface area contributed by atoms with Gasteiger partial charge in [0.05, 0.1) is 22.4 Å². The molecule has 0 radical (unpaired) electrons. The second-order valence-corrected chi connectivity index (χ2v) is 13.4. The maximum absolute atomic E-state index is 5.21. The Kier molecular flexibility index (Phi) is 6.08. The molecule has 7 aromatic carbocycles. The number of nitrogens with zero attached hydrogens (tertiary/aromatic N) is 2. The molecule has 224 valence electrons. The normalized spacial score (nSPS) is 11.8. The number of pyridine rings is 1. The molecule has 0 saturated heterocycles. The Hall–Kier alpha value is -6.03. The van der Waals surface area contributed by atoms with E-state index < -0.39 is 0 Å². The molecule has 10 rings (SSSR count). The fraction of sp³-hybridized carbons (Fsp3) is 0. The minimum absolute atomic E-state index is 0.972. The summed E-state index contributed by atoms with van der Waals surface area (Å²) in [6.45, 7) is 0. The van der Waals surface area contributed by atoms with E-state index in [4.69, 9.17) is 4.98 Å². The van der Waals surface area contributed by atoms with Gasteiger partial charge >= 0.3 is 0 Å². The lowest BCUT2D eigenvalue weighted by Crippen LogP contribution is -1.95. The first-order chi connectivity index (χ1) is 23.8. The van der Waals surface area contributed by atoms with Crippen LogP contribution in [0.15, 0.2) is 170 Å². The molecule has 0 saturated carbocycles. The van der Waals surface area contributed by atoms with Crippen molar-refractivity contribution in [3.8, 4) is 39.3 Å². The molecule has 0 unspecified atom stereocenters. The first-order valence-corrected chi connectivity index (χ1v) is 17.1. The molecule has 0 N–H and O–H groups in total. The van der Waals surface area contributed by atoms with Gasteiger partial charge in [-0.25, -0.2) is 4.98 Å². The third-order valence-electron chi connectivity index (χ3n) is 9.61. The van der Waals surface area contributed by atoms with Crippen LogP contribution >= 0.6 is 11.3 Å². The third-order valence-corrected chi connectivity index (χ3v) is 10.7. The van der Waals surface area contributed by atoms with E-state index in [1.165, 1.54) is 52.8 Å². The van der Waals surface area contributed by atoms with Crippen molar-refractivity contribution < 1.29 is 0 Å². The van der Waals surface area contributed by atoms with Gasteiger partial charge in [-0.3, -0.25) is 0 Å². The number of hydrogen-bond acceptors (Lipinski definition) is 2. The van der Waals surface area contributed by atoms with Gasteiger partial charge in [0.2, 0.25) is 0 Å². The van der Waals surface area contributed by atoms with E-state index in [-0.39, 0.29) is 0 Å². The van der Waals surface area contributed by atoms with E-state index in [1.54, 1.807) is 0 Å². The summed E-state index contributed by atoms with van der Waals surface area (Å²) in [6, 6.07) is 61.1. The smallest absolute Gasteiger partial charge is 0.0787 e. The van der Waals surface area contributed by atoms with Crippen molar-refractivity contribution in [2.75, 3.05) is 0 Å². The quantitative estimate of drug-likeness (QED) is 0.190. The van der Waals surface area contributed by atoms with Crippen LogP contribution in [-0.4, -0.2) is 9.55 Å². The van der Waals surface area contributed by atoms with E-state index in [9.17, 15) is 0 Å². The van der Waals surface area contributed by atoms with Crippen molar-refractivity contribution in [3.63, 3.8) is 0 Å². The number of benzene rings is 7. The molecular weight excluding hydrogens is 601 g/mol. The van der Waals surface area contributed by atoms with Crippen molar-refractivity contribution in [1.29, 1.82) is 0 Å². The largest absolute Gasteiger partial charge is 0.309 e. The second-order valence-electron chi connectivity index (χ2n) is 12.3. The van der Waals surface area contributed by atoms with Gasteiger partial charge in [0.25, 0.3) is 0 Å². The number of fused-ring (bicyclic) bond motifs is 9. The van der Waals surface area contributed by atoms with Crippen LogP contribution in [0.1, 0.15) is 0 Å². The summed E-state index contributed by atoms with van der Waals surface area (Å²) < 4.78 is 5.09. The number of thiophene rings is 1. The Morgan fingerprint density at radius 3 is 1.92 bits per heavy atom. The minimum atomic E-state index is 0.972. The molecule has 10 aromatic rings. The summed E-state index contributed by atoms with van der Waals surface area (Å²) in [7, 11) is 0. The summed E-state index contributed by atoms with van der Waals surface area (Å²) >= 11 is 1.88. The Morgan fingerprint density at radius 1 is 0.417 bits per heavy atom. The first kappa shape index (κ1) is 27.1. The van der Waals surface area contributed by atoms with Crippen LogP contribution in [-0.2, 0) is 0 Å². The summed E-state index contributed by atoms with van der Waals surface area (Å²) in [5.41, 5.74) is 10.0. The van der Waals surface area contributed by atoms with Gasteiger partial charge in [0, 0.05) is 58.7 Å². The number of aromatic nitrogens is 2. The van der Waals surface area contributed by atoms with E-state index in [0.29, 0.717) is 0 Å². The second kappa shape index (κ2) is 10.8. The average molecular weight is 629 g/mol. The zero-order valence-electron chi connectivity index (χ0n) is 26.0. The SMILES string of the molecule is c1ccc(-c2ccc(-c3ccc(-n4c5ccccc5c5c6c(ccc7sc8ccccc8c76)ccc54)cc3)c(-c3ccccc3)n2)cc1. The molecule has 3 aromatic heterocycles. The zero-order chi connectivity index (χ0) is 31.6. The minimum Gasteiger partial charge on any atom is -0.309 e. The molecule has 0 atom stereocenters. The zero-order valence-corrected chi connectivity index (χ0v) is 26.8. The standard InChI is InChI=1S/C45H28N2S/c1-3-11-30(12-4-1)37-26-25-34(45(46-37)32-13-5-2-6-14-32)29-19-23-33(24-20-29)47-38-17-9-7-15-35(38)43-39(47)27-21-31-22-28-41-44(42(31)43)36-16-8-10-18-40(36)48-41/h1-28H. The van der Waals surface area contributed by atoms with Crippen LogP contribution in [0.3, 0.4) is 0 Å². The maximum atomic E-state index is 5.21. The summed E-state index contributed by atoms with van der Waals surface area (Å²) in [4.78, 5) is 5.21. The van der Waals surface area contributed by atoms with E-state index >= 15 is 0 Å². The third kappa shape index (κ3) is 4.15. The highest BCUT2D eigenvalue weighted by Gasteiger charge is 2.19. The van der Waals surface area contributed by atoms with Gasteiger partial charge in [0.15, 0.2) is 0 Å². The highest BCUT2D eigenvalue weighted by atomic mass is 32.1. The lowest BCUT2D eigenvalue weighted by molar-refractivity contribution is 1.18. The molecule has 3 heterocycles. The lowest BCUT2D eigenvalue weighted by Gasteiger charge is -2.14. The molecule has 48 heavy (non-hydrogen) atoms. The van der Waals surface area contributed by atoms with Gasteiger partial charge < -0.3 is 4.57 Å². The first-order valence-electron chi connectivity index (χ1n) is 16.3. The fourth-order valence-electron chi connectivity index (χ4n) is 7.44. The van der Waals surface area contributed by atoms with Crippen LogP contribution < -0.4 is 0 Å². The monoisotopic (exact) mass is 628 g/mol. The van der Waals surface area contributed by atoms with E-state index in [1.807, 2.05) is 17.4 Å². The molecular formula is C45H28N2S. The molecule has 0 aliphatic rings. The molecule has 0 spiro atoms. The van der Waals surface area contributed by atoms with Gasteiger partial charge in [-0.2, -0.15) is 0 Å². The molecule has 2 nitrogen and oxygen atoms in total. The summed E-state index contributed by atoms with van der Waals surface area (Å²) in [5.74, 6) is 0. The Bertz CT molecular complexity index is 2810. The summed E-state index contributed by atoms with van der Waals surface area (Å²) in [5, 5.41) is 7.89. The van der Waals surface area contributed by atoms with Gasteiger partial charge in [0.1, 0.15) is 0 Å². The van der Waals surface area contributed by atoms with Gasteiger partial charge in [-0.15, -0.1) is 11.3 Å². The molecule has 0 bridgehead atoms. The topological polar surface area (TPSA) is 17.8 Å². The molecule has 0 fully saturated rings. The number of para-hydroxylation sites is 1. The van der Waals surface area contributed by atoms with E-state index in [2.05, 4.69) is 168 Å². The molecule has 0 aliphatic carbocycles. The molecule has 3 heteroatoms. The predicted octanol–water partition coefficient (Wildman–Crippen LogP) is 12.7. The van der Waals surface area contributed by atoms with Crippen molar-refractivity contribution >= 4 is 64.1 Å². The Labute approximate surface area is 281 Å². The lowest BCUT2D eigenvalue weighted by atomic mass is 9.97. The van der Waals surface area contributed by atoms with Crippen LogP contribution in [0.25, 0.3) is 92.1 Å². The maximum Gasteiger partial charge on any atom is 0.0787 e. The Balaban J connectivity index is 1.17. The van der Waals surface area contributed by atoms with E-state index in [0.717, 1.165) is 39.3 Å². The molecule has 0 amide bonds. The Morgan fingerprint density at radius 2 is 1.10 bits per heavy atom. The van der Waals surface area contributed by atoms with Crippen LogP contribution in [0.2, 0.25) is 0 Å². The number of rotatable bonds is 4. The van der Waals surface area contributed by atoms with Crippen molar-refractivity contribution in [2.24, 2.45) is 0 Å². The van der Waals surface area contributed by atoms with Crippen LogP contribution in [0.5, 0.6) is 0 Å². The molecule has 0 aliphatic heterocycles. The summed E-state index contributed by atoms with van der Waals surface area (Å²) in [6.07, 6.45) is 0. The number of hydrogen-bond donors (Lipinski definition) is 0. The van der Waals surface area contributed by atoms with Crippen molar-refractivity contribution in [3.05, 3.63) is 170 Å². The fourth-order valence-corrected chi connectivity index (χ4v) is 8.55. The highest BCUT2D eigenvalue weighted by molar-refractivity contribution is 7.26. The predicted molar refractivity (Wildman–Crippen MR) is 205 cm³/mol. The van der Waals surface area contributed by atoms with Crippen molar-refractivity contribution in [1.82, 2.24) is 9.55 Å². The van der Waals surface area contributed by atoms with Gasteiger partial charge in [-0.1, -0.05) is 127 Å². The van der Waals surface area contributed by atoms with Crippen LogP contribution in [0, 0.1) is 0 Å². The highest BCUT2D eigenvalue weighted by Crippen LogP contribution is 2.44. The average Bonchev–Trinajstić information content (AvgIpc) is 3.71. The van der Waals surface area contributed by atoms with Crippen molar-refractivity contribution in [2.45, 2.75) is 0 Å².